The summed E-state index contributed by atoms with van der Waals surface area (Å²) in [5.74, 6) is 0.0218. The lowest BCUT2D eigenvalue weighted by Gasteiger charge is -2.28. The molecule has 5 heteroatoms. The number of carbonyl (C=O) groups excluding carboxylic acids is 2. The predicted octanol–water partition coefficient (Wildman–Crippen LogP) is 4.46. The Kier molecular flexibility index (Phi) is 5.94. The Morgan fingerprint density at radius 1 is 0.828 bits per heavy atom. The Hall–Kier alpha value is -3.08. The first kappa shape index (κ1) is 19.2. The summed E-state index contributed by atoms with van der Waals surface area (Å²) in [5, 5.41) is 2.91. The van der Waals surface area contributed by atoms with Gasteiger partial charge in [-0.25, -0.2) is 0 Å². The normalized spacial score (nSPS) is 17.2. The van der Waals surface area contributed by atoms with Gasteiger partial charge in [0.1, 0.15) is 0 Å². The largest absolute Gasteiger partial charge is 0.372 e. The number of piperidine rings is 1. The van der Waals surface area contributed by atoms with Gasteiger partial charge in [-0.15, -0.1) is 0 Å². The highest BCUT2D eigenvalue weighted by Crippen LogP contribution is 2.23. The van der Waals surface area contributed by atoms with Crippen LogP contribution in [0, 0.1) is 0 Å². The minimum atomic E-state index is -0.158. The fraction of sp³-hybridized carbons (Fsp3) is 0.333. The van der Waals surface area contributed by atoms with Crippen LogP contribution in [0.3, 0.4) is 0 Å². The van der Waals surface area contributed by atoms with Crippen LogP contribution in [0.25, 0.3) is 6.08 Å². The highest BCUT2D eigenvalue weighted by Gasteiger charge is 2.21. The highest BCUT2D eigenvalue weighted by molar-refractivity contribution is 6.02. The summed E-state index contributed by atoms with van der Waals surface area (Å²) in [4.78, 5) is 28.3. The fourth-order valence-electron chi connectivity index (χ4n) is 3.95. The van der Waals surface area contributed by atoms with Gasteiger partial charge in [0.25, 0.3) is 0 Å². The molecule has 2 amide bonds. The molecular weight excluding hydrogens is 362 g/mol. The maximum Gasteiger partial charge on any atom is 0.248 e. The van der Waals surface area contributed by atoms with Crippen LogP contribution in [0.5, 0.6) is 0 Å². The van der Waals surface area contributed by atoms with Crippen LogP contribution >= 0.6 is 0 Å². The Bertz CT molecular complexity index is 881. The number of amides is 2. The lowest BCUT2D eigenvalue weighted by molar-refractivity contribution is -0.117. The van der Waals surface area contributed by atoms with Crippen molar-refractivity contribution < 1.29 is 9.59 Å². The van der Waals surface area contributed by atoms with Gasteiger partial charge in [0, 0.05) is 49.2 Å². The van der Waals surface area contributed by atoms with Crippen molar-refractivity contribution in [2.24, 2.45) is 0 Å². The van der Waals surface area contributed by atoms with Crippen LogP contribution in [-0.4, -0.2) is 31.4 Å². The molecule has 0 atom stereocenters. The molecule has 0 aliphatic carbocycles. The zero-order valence-electron chi connectivity index (χ0n) is 16.6. The average Bonchev–Trinajstić information content (AvgIpc) is 3.20. The average molecular weight is 389 g/mol. The third-order valence-electron chi connectivity index (χ3n) is 5.56. The van der Waals surface area contributed by atoms with Crippen LogP contribution in [0.15, 0.2) is 54.6 Å². The third-order valence-corrected chi connectivity index (χ3v) is 5.56. The molecule has 0 aromatic heterocycles. The third kappa shape index (κ3) is 4.86. The number of carbonyl (C=O) groups is 2. The molecule has 0 radical (unpaired) electrons. The van der Waals surface area contributed by atoms with Crippen LogP contribution < -0.4 is 15.1 Å². The summed E-state index contributed by atoms with van der Waals surface area (Å²) in [6, 6.07) is 15.8. The second-order valence-electron chi connectivity index (χ2n) is 7.66. The fourth-order valence-corrected chi connectivity index (χ4v) is 3.95. The maximum absolute atomic E-state index is 12.2. The van der Waals surface area contributed by atoms with Gasteiger partial charge in [0.15, 0.2) is 0 Å². The molecule has 2 aromatic carbocycles. The maximum atomic E-state index is 12.2. The van der Waals surface area contributed by atoms with Gasteiger partial charge in [0.2, 0.25) is 11.8 Å². The molecule has 2 saturated heterocycles. The monoisotopic (exact) mass is 389 g/mol. The molecule has 29 heavy (non-hydrogen) atoms. The molecule has 2 aliphatic rings. The summed E-state index contributed by atoms with van der Waals surface area (Å²) >= 11 is 0. The van der Waals surface area contributed by atoms with E-state index in [-0.39, 0.29) is 11.8 Å². The summed E-state index contributed by atoms with van der Waals surface area (Å²) < 4.78 is 0. The number of anilines is 3. The van der Waals surface area contributed by atoms with Crippen LogP contribution in [0.2, 0.25) is 0 Å². The Labute approximate surface area is 172 Å². The Morgan fingerprint density at radius 3 is 2.17 bits per heavy atom. The smallest absolute Gasteiger partial charge is 0.248 e. The second kappa shape index (κ2) is 8.95. The summed E-state index contributed by atoms with van der Waals surface area (Å²) in [5.41, 5.74) is 3.86. The van der Waals surface area contributed by atoms with Crippen molar-refractivity contribution in [2.75, 3.05) is 34.8 Å². The van der Waals surface area contributed by atoms with Gasteiger partial charge in [-0.05, 0) is 73.7 Å². The van der Waals surface area contributed by atoms with E-state index in [1.54, 1.807) is 6.08 Å². The molecule has 2 fully saturated rings. The quantitative estimate of drug-likeness (QED) is 0.769. The van der Waals surface area contributed by atoms with Gasteiger partial charge < -0.3 is 15.1 Å². The second-order valence-corrected chi connectivity index (χ2v) is 7.66. The molecule has 4 rings (SSSR count). The molecule has 0 unspecified atom stereocenters. The van der Waals surface area contributed by atoms with Gasteiger partial charge in [0.05, 0.1) is 0 Å². The number of hydrogen-bond acceptors (Lipinski definition) is 3. The van der Waals surface area contributed by atoms with Gasteiger partial charge in [-0.1, -0.05) is 12.1 Å². The lowest BCUT2D eigenvalue weighted by Crippen LogP contribution is -2.29. The molecule has 2 aromatic rings. The van der Waals surface area contributed by atoms with Crippen molar-refractivity contribution in [3.8, 4) is 0 Å². The topological polar surface area (TPSA) is 52.7 Å². The number of hydrogen-bond donors (Lipinski definition) is 1. The lowest BCUT2D eigenvalue weighted by atomic mass is 10.1. The van der Waals surface area contributed by atoms with Gasteiger partial charge in [-0.2, -0.15) is 0 Å². The number of nitrogens with one attached hydrogen (secondary N) is 1. The number of benzene rings is 2. The predicted molar refractivity (Wildman–Crippen MR) is 118 cm³/mol. The molecule has 2 aliphatic heterocycles. The van der Waals surface area contributed by atoms with E-state index in [0.717, 1.165) is 43.0 Å². The van der Waals surface area contributed by atoms with E-state index >= 15 is 0 Å². The van der Waals surface area contributed by atoms with Crippen molar-refractivity contribution in [3.05, 3.63) is 60.2 Å². The molecule has 0 saturated carbocycles. The molecular formula is C24H27N3O2. The number of rotatable bonds is 5. The van der Waals surface area contributed by atoms with Gasteiger partial charge >= 0.3 is 0 Å². The van der Waals surface area contributed by atoms with Crippen molar-refractivity contribution in [3.63, 3.8) is 0 Å². The minimum absolute atomic E-state index is 0.158. The van der Waals surface area contributed by atoms with E-state index in [4.69, 9.17) is 0 Å². The van der Waals surface area contributed by atoms with Gasteiger partial charge in [-0.3, -0.25) is 9.59 Å². The summed E-state index contributed by atoms with van der Waals surface area (Å²) in [6.07, 6.45) is 8.68. The summed E-state index contributed by atoms with van der Waals surface area (Å²) in [6.45, 7) is 3.01. The standard InChI is InChI=1S/C24H27N3O2/c28-23(25-20-9-13-21(14-10-20)26-16-2-1-3-17-26)15-8-19-6-11-22(12-7-19)27-18-4-5-24(27)29/h6-15H,1-5,16-18H2,(H,25,28)/b15-8+. The van der Waals surface area contributed by atoms with Crippen LogP contribution in [-0.2, 0) is 9.59 Å². The van der Waals surface area contributed by atoms with E-state index < -0.39 is 0 Å². The minimum Gasteiger partial charge on any atom is -0.372 e. The molecule has 1 N–H and O–H groups in total. The number of nitrogens with zero attached hydrogens (tertiary/aromatic N) is 2. The molecule has 5 nitrogen and oxygen atoms in total. The first-order chi connectivity index (χ1) is 14.2. The van der Waals surface area contributed by atoms with E-state index in [1.807, 2.05) is 41.3 Å². The SMILES string of the molecule is O=C(/C=C/c1ccc(N2CCCC2=O)cc1)Nc1ccc(N2CCCCC2)cc1. The summed E-state index contributed by atoms with van der Waals surface area (Å²) in [7, 11) is 0. The molecule has 0 spiro atoms. The zero-order chi connectivity index (χ0) is 20.1. The molecule has 2 heterocycles. The van der Waals surface area contributed by atoms with E-state index in [1.165, 1.54) is 31.0 Å². The van der Waals surface area contributed by atoms with Crippen molar-refractivity contribution in [1.82, 2.24) is 0 Å². The zero-order valence-corrected chi connectivity index (χ0v) is 16.6. The first-order valence-electron chi connectivity index (χ1n) is 10.4. The van der Waals surface area contributed by atoms with Crippen molar-refractivity contribution in [2.45, 2.75) is 32.1 Å². The van der Waals surface area contributed by atoms with E-state index in [2.05, 4.69) is 22.3 Å². The van der Waals surface area contributed by atoms with Crippen LogP contribution in [0.4, 0.5) is 17.1 Å². The van der Waals surface area contributed by atoms with E-state index in [0.29, 0.717) is 6.42 Å². The highest BCUT2D eigenvalue weighted by atomic mass is 16.2. The Balaban J connectivity index is 1.32. The Morgan fingerprint density at radius 2 is 1.52 bits per heavy atom. The van der Waals surface area contributed by atoms with Crippen LogP contribution in [0.1, 0.15) is 37.7 Å². The van der Waals surface area contributed by atoms with E-state index in [9.17, 15) is 9.59 Å². The van der Waals surface area contributed by atoms with Crippen molar-refractivity contribution >= 4 is 35.0 Å². The molecule has 150 valence electrons. The van der Waals surface area contributed by atoms with Crippen molar-refractivity contribution in [1.29, 1.82) is 0 Å². The first-order valence-corrected chi connectivity index (χ1v) is 10.4. The molecule has 0 bridgehead atoms.